The monoisotopic (exact) mass is 440 g/mol. The first-order valence-electron chi connectivity index (χ1n) is 10.1. The third-order valence-electron chi connectivity index (χ3n) is 4.83. The van der Waals surface area contributed by atoms with E-state index in [1.165, 1.54) is 29.0 Å². The summed E-state index contributed by atoms with van der Waals surface area (Å²) < 4.78 is 14.6. The molecule has 0 fully saturated rings. The number of carbonyl (C=O) groups is 2. The minimum atomic E-state index is -0.575. The van der Waals surface area contributed by atoms with Crippen molar-refractivity contribution in [1.29, 1.82) is 0 Å². The Balaban J connectivity index is 2.18. The highest BCUT2D eigenvalue weighted by Gasteiger charge is 2.18. The van der Waals surface area contributed by atoms with Crippen LogP contribution in [0.15, 0.2) is 27.8 Å². The molecule has 10 nitrogen and oxygen atoms in total. The van der Waals surface area contributed by atoms with Crippen LogP contribution in [-0.4, -0.2) is 30.6 Å². The molecule has 3 aromatic rings. The first kappa shape index (κ1) is 22.7. The first-order chi connectivity index (χ1) is 15.2. The molecule has 0 radical (unpaired) electrons. The van der Waals surface area contributed by atoms with E-state index < -0.39 is 23.2 Å². The van der Waals surface area contributed by atoms with E-state index in [0.29, 0.717) is 29.1 Å². The Morgan fingerprint density at radius 1 is 1.00 bits per heavy atom. The number of rotatable bonds is 6. The minimum absolute atomic E-state index is 0.0871. The van der Waals surface area contributed by atoms with Gasteiger partial charge in [0.25, 0.3) is 5.56 Å². The fraction of sp³-hybridized carbons (Fsp3) is 0.318. The van der Waals surface area contributed by atoms with Crippen LogP contribution in [0.4, 0.5) is 0 Å². The Morgan fingerprint density at radius 3 is 2.25 bits per heavy atom. The summed E-state index contributed by atoms with van der Waals surface area (Å²) in [5, 5.41) is 0. The Kier molecular flexibility index (Phi) is 6.42. The Hall–Kier alpha value is -3.95. The van der Waals surface area contributed by atoms with Crippen LogP contribution in [0.5, 0.6) is 11.5 Å². The fourth-order valence-electron chi connectivity index (χ4n) is 3.41. The smallest absolute Gasteiger partial charge is 0.332 e. The molecule has 0 N–H and O–H groups in total. The molecule has 0 saturated heterocycles. The molecule has 10 heteroatoms. The van der Waals surface area contributed by atoms with Crippen molar-refractivity contribution in [3.05, 3.63) is 50.4 Å². The lowest BCUT2D eigenvalue weighted by atomic mass is 10.1. The highest BCUT2D eigenvalue weighted by molar-refractivity contribution is 5.81. The van der Waals surface area contributed by atoms with Crippen LogP contribution < -0.4 is 20.7 Å². The van der Waals surface area contributed by atoms with Gasteiger partial charge in [-0.3, -0.25) is 23.5 Å². The predicted molar refractivity (Wildman–Crippen MR) is 119 cm³/mol. The quantitative estimate of drug-likeness (QED) is 0.425. The molecule has 2 heterocycles. The third-order valence-corrected chi connectivity index (χ3v) is 4.83. The van der Waals surface area contributed by atoms with Gasteiger partial charge >= 0.3 is 17.6 Å². The summed E-state index contributed by atoms with van der Waals surface area (Å²) in [6.07, 6.45) is 3.25. The minimum Gasteiger partial charge on any atom is -0.423 e. The number of aromatic nitrogens is 4. The Morgan fingerprint density at radius 2 is 1.66 bits per heavy atom. The highest BCUT2D eigenvalue weighted by atomic mass is 16.6. The summed E-state index contributed by atoms with van der Waals surface area (Å²) in [7, 11) is 1.68. The van der Waals surface area contributed by atoms with Crippen LogP contribution in [0.2, 0.25) is 0 Å². The highest BCUT2D eigenvalue weighted by Crippen LogP contribution is 2.33. The first-order valence-corrected chi connectivity index (χ1v) is 10.1. The molecule has 0 atom stereocenters. The summed E-state index contributed by atoms with van der Waals surface area (Å²) in [6.45, 7) is 6.64. The molecule has 0 spiro atoms. The lowest BCUT2D eigenvalue weighted by Gasteiger charge is -2.11. The van der Waals surface area contributed by atoms with Gasteiger partial charge in [-0.1, -0.05) is 12.1 Å². The second-order valence-electron chi connectivity index (χ2n) is 6.97. The summed E-state index contributed by atoms with van der Waals surface area (Å²) in [5.41, 5.74) is 0.242. The van der Waals surface area contributed by atoms with Gasteiger partial charge in [-0.05, 0) is 32.1 Å². The summed E-state index contributed by atoms with van der Waals surface area (Å²) >= 11 is 0. The van der Waals surface area contributed by atoms with Crippen LogP contribution in [0, 0.1) is 0 Å². The van der Waals surface area contributed by atoms with Gasteiger partial charge in [0, 0.05) is 39.5 Å². The van der Waals surface area contributed by atoms with Gasteiger partial charge in [0.15, 0.2) is 22.7 Å². The van der Waals surface area contributed by atoms with Gasteiger partial charge in [0.1, 0.15) is 5.82 Å². The summed E-state index contributed by atoms with van der Waals surface area (Å²) in [6, 6.07) is 4.84. The average molecular weight is 440 g/mol. The van der Waals surface area contributed by atoms with Crippen molar-refractivity contribution in [2.45, 2.75) is 40.8 Å². The maximum Gasteiger partial charge on any atom is 0.332 e. The molecule has 0 aliphatic heterocycles. The normalized spacial score (nSPS) is 11.3. The van der Waals surface area contributed by atoms with Crippen LogP contribution in [0.1, 0.15) is 39.1 Å². The molecule has 168 valence electrons. The number of esters is 2. The van der Waals surface area contributed by atoms with Crippen molar-refractivity contribution in [2.24, 2.45) is 7.05 Å². The zero-order chi connectivity index (χ0) is 23.6. The van der Waals surface area contributed by atoms with E-state index >= 15 is 0 Å². The largest absolute Gasteiger partial charge is 0.423 e. The third kappa shape index (κ3) is 4.11. The van der Waals surface area contributed by atoms with Crippen LogP contribution in [0.25, 0.3) is 23.3 Å². The Bertz CT molecular complexity index is 1360. The van der Waals surface area contributed by atoms with Crippen LogP contribution >= 0.6 is 0 Å². The second kappa shape index (κ2) is 9.04. The molecular weight excluding hydrogens is 416 g/mol. The molecule has 32 heavy (non-hydrogen) atoms. The fourth-order valence-corrected chi connectivity index (χ4v) is 3.41. The number of carbonyl (C=O) groups excluding carboxylic acids is 2. The van der Waals surface area contributed by atoms with Gasteiger partial charge in [0.2, 0.25) is 0 Å². The predicted octanol–water partition coefficient (Wildman–Crippen LogP) is 1.96. The maximum atomic E-state index is 12.8. The average Bonchev–Trinajstić information content (AvgIpc) is 3.04. The number of aryl methyl sites for hydroxylation is 2. The van der Waals surface area contributed by atoms with Gasteiger partial charge in [0.05, 0.1) is 0 Å². The van der Waals surface area contributed by atoms with Crippen molar-refractivity contribution in [3.63, 3.8) is 0 Å². The number of nitrogens with zero attached hydrogens (tertiary/aromatic N) is 4. The number of para-hydroxylation sites is 1. The van der Waals surface area contributed by atoms with E-state index in [4.69, 9.17) is 9.47 Å². The maximum absolute atomic E-state index is 12.8. The van der Waals surface area contributed by atoms with Crippen molar-refractivity contribution < 1.29 is 19.1 Å². The topological polar surface area (TPSA) is 114 Å². The summed E-state index contributed by atoms with van der Waals surface area (Å²) in [5.74, 6) is -0.526. The zero-order valence-electron chi connectivity index (χ0n) is 18.5. The van der Waals surface area contributed by atoms with Crippen LogP contribution in [0.3, 0.4) is 0 Å². The number of hydrogen-bond donors (Lipinski definition) is 0. The molecule has 2 aromatic heterocycles. The van der Waals surface area contributed by atoms with E-state index in [2.05, 4.69) is 4.98 Å². The Labute approximate surface area is 183 Å². The van der Waals surface area contributed by atoms with Gasteiger partial charge in [-0.15, -0.1) is 0 Å². The van der Waals surface area contributed by atoms with Crippen LogP contribution in [-0.2, 0) is 29.7 Å². The SMILES string of the molecule is CCn1c(=O)c2c(nc(/C=C/c3cccc(OC(C)=O)c3OC(C)=O)n2C)n(CC)c1=O. The van der Waals surface area contributed by atoms with Crippen molar-refractivity contribution in [3.8, 4) is 11.5 Å². The van der Waals surface area contributed by atoms with E-state index in [0.717, 1.165) is 0 Å². The molecule has 0 saturated carbocycles. The van der Waals surface area contributed by atoms with E-state index in [1.54, 1.807) is 49.7 Å². The number of benzene rings is 1. The molecule has 0 bridgehead atoms. The standard InChI is InChI=1S/C22H24N4O6/c1-6-25-20-18(21(29)26(7-2)22(25)30)24(5)17(23-20)12-11-15-9-8-10-16(31-13(3)27)19(15)32-14(4)28/h8-12H,6-7H2,1-5H3/b12-11+. The van der Waals surface area contributed by atoms with E-state index in [9.17, 15) is 19.2 Å². The van der Waals surface area contributed by atoms with Gasteiger partial charge < -0.3 is 14.0 Å². The lowest BCUT2D eigenvalue weighted by molar-refractivity contribution is -0.134. The van der Waals surface area contributed by atoms with Crippen molar-refractivity contribution in [2.75, 3.05) is 0 Å². The van der Waals surface area contributed by atoms with E-state index in [-0.39, 0.29) is 18.0 Å². The molecule has 0 amide bonds. The molecule has 0 aliphatic rings. The van der Waals surface area contributed by atoms with Crippen molar-refractivity contribution >= 4 is 35.3 Å². The van der Waals surface area contributed by atoms with E-state index in [1.807, 2.05) is 0 Å². The number of ether oxygens (including phenoxy) is 2. The molecule has 0 unspecified atom stereocenters. The number of imidazole rings is 1. The van der Waals surface area contributed by atoms with Gasteiger partial charge in [-0.2, -0.15) is 0 Å². The second-order valence-corrected chi connectivity index (χ2v) is 6.97. The zero-order valence-corrected chi connectivity index (χ0v) is 18.5. The van der Waals surface area contributed by atoms with Crippen molar-refractivity contribution in [1.82, 2.24) is 18.7 Å². The molecular formula is C22H24N4O6. The number of hydrogen-bond acceptors (Lipinski definition) is 7. The lowest BCUT2D eigenvalue weighted by Crippen LogP contribution is -2.39. The molecule has 1 aromatic carbocycles. The number of fused-ring (bicyclic) bond motifs is 1. The summed E-state index contributed by atoms with van der Waals surface area (Å²) in [4.78, 5) is 52.9. The van der Waals surface area contributed by atoms with Gasteiger partial charge in [-0.25, -0.2) is 9.78 Å². The molecule has 0 aliphatic carbocycles. The molecule has 3 rings (SSSR count).